The van der Waals surface area contributed by atoms with E-state index in [9.17, 15) is 0 Å². The predicted octanol–water partition coefficient (Wildman–Crippen LogP) is 4.22. The zero-order chi connectivity index (χ0) is 14.8. The van der Waals surface area contributed by atoms with Crippen LogP contribution in [0.1, 0.15) is 61.4 Å². The lowest BCUT2D eigenvalue weighted by molar-refractivity contribution is -0.0896. The fraction of sp³-hybridized carbons (Fsp3) is 0.667. The van der Waals surface area contributed by atoms with Crippen LogP contribution >= 0.6 is 0 Å². The van der Waals surface area contributed by atoms with Gasteiger partial charge in [-0.2, -0.15) is 0 Å². The Labute approximate surface area is 123 Å². The molecule has 2 nitrogen and oxygen atoms in total. The van der Waals surface area contributed by atoms with Crippen molar-refractivity contribution in [1.29, 1.82) is 0 Å². The van der Waals surface area contributed by atoms with Gasteiger partial charge in [0.2, 0.25) is 0 Å². The Hall–Kier alpha value is -0.860. The van der Waals surface area contributed by atoms with Crippen LogP contribution in [-0.2, 0) is 4.74 Å². The molecule has 1 aromatic rings. The molecule has 2 unspecified atom stereocenters. The molecule has 1 aliphatic heterocycles. The fourth-order valence-electron chi connectivity index (χ4n) is 3.34. The number of aryl methyl sites for hydroxylation is 3. The molecule has 1 fully saturated rings. The van der Waals surface area contributed by atoms with Gasteiger partial charge in [0.15, 0.2) is 0 Å². The van der Waals surface area contributed by atoms with E-state index in [-0.39, 0.29) is 11.6 Å². The smallest absolute Gasteiger partial charge is 0.0848 e. The highest BCUT2D eigenvalue weighted by Gasteiger charge is 2.38. The summed E-state index contributed by atoms with van der Waals surface area (Å²) >= 11 is 0. The second-order valence-electron chi connectivity index (χ2n) is 6.40. The van der Waals surface area contributed by atoms with Crippen molar-refractivity contribution in [2.45, 2.75) is 65.5 Å². The number of benzene rings is 1. The summed E-state index contributed by atoms with van der Waals surface area (Å²) in [6.45, 7) is 12.9. The molecule has 2 rings (SSSR count). The van der Waals surface area contributed by atoms with E-state index in [2.05, 4.69) is 52.1 Å². The number of likely N-dealkylation sites (N-methyl/N-ethyl adjacent to an activating group) is 1. The quantitative estimate of drug-likeness (QED) is 0.888. The van der Waals surface area contributed by atoms with Crippen molar-refractivity contribution in [2.75, 3.05) is 13.2 Å². The number of hydrogen-bond acceptors (Lipinski definition) is 2. The van der Waals surface area contributed by atoms with Crippen molar-refractivity contribution >= 4 is 0 Å². The third-order valence-corrected chi connectivity index (χ3v) is 4.71. The van der Waals surface area contributed by atoms with Crippen molar-refractivity contribution in [3.05, 3.63) is 34.4 Å². The highest BCUT2D eigenvalue weighted by Crippen LogP contribution is 2.38. The molecular formula is C18H29NO. The van der Waals surface area contributed by atoms with Crippen LogP contribution in [-0.4, -0.2) is 18.8 Å². The van der Waals surface area contributed by atoms with Crippen LogP contribution in [0.3, 0.4) is 0 Å². The molecular weight excluding hydrogens is 246 g/mol. The molecule has 1 aliphatic rings. The summed E-state index contributed by atoms with van der Waals surface area (Å²) in [6, 6.07) is 4.94. The maximum Gasteiger partial charge on any atom is 0.0848 e. The molecule has 1 saturated heterocycles. The van der Waals surface area contributed by atoms with E-state index in [1.807, 2.05) is 0 Å². The summed E-state index contributed by atoms with van der Waals surface area (Å²) in [5, 5.41) is 3.67. The molecule has 112 valence electrons. The van der Waals surface area contributed by atoms with Crippen molar-refractivity contribution in [3.8, 4) is 0 Å². The number of rotatable bonds is 4. The Bertz CT molecular complexity index is 461. The van der Waals surface area contributed by atoms with E-state index in [1.54, 1.807) is 0 Å². The summed E-state index contributed by atoms with van der Waals surface area (Å²) < 4.78 is 6.20. The normalized spacial score (nSPS) is 24.6. The first-order chi connectivity index (χ1) is 9.48. The van der Waals surface area contributed by atoms with Crippen LogP contribution in [0.15, 0.2) is 12.1 Å². The molecule has 0 bridgehead atoms. The molecule has 0 amide bonds. The molecule has 0 aromatic heterocycles. The standard InChI is InChI=1S/C18H29NO/c1-6-19-17(18(5)9-7-8-10-20-18)16-12-14(3)13(2)11-15(16)4/h11-12,17,19H,6-10H2,1-5H3. The van der Waals surface area contributed by atoms with Gasteiger partial charge in [-0.1, -0.05) is 19.1 Å². The van der Waals surface area contributed by atoms with Gasteiger partial charge in [-0.05, 0) is 75.8 Å². The van der Waals surface area contributed by atoms with Gasteiger partial charge in [0.25, 0.3) is 0 Å². The number of nitrogens with one attached hydrogen (secondary N) is 1. The minimum atomic E-state index is -0.0826. The fourth-order valence-corrected chi connectivity index (χ4v) is 3.34. The van der Waals surface area contributed by atoms with Gasteiger partial charge in [-0.3, -0.25) is 0 Å². The third kappa shape index (κ3) is 3.07. The first kappa shape index (κ1) is 15.5. The van der Waals surface area contributed by atoms with Crippen LogP contribution in [0.2, 0.25) is 0 Å². The Morgan fingerprint density at radius 2 is 1.85 bits per heavy atom. The van der Waals surface area contributed by atoms with Crippen LogP contribution < -0.4 is 5.32 Å². The van der Waals surface area contributed by atoms with Crippen molar-refractivity contribution in [3.63, 3.8) is 0 Å². The molecule has 0 aliphatic carbocycles. The van der Waals surface area contributed by atoms with Gasteiger partial charge < -0.3 is 10.1 Å². The predicted molar refractivity (Wildman–Crippen MR) is 85.3 cm³/mol. The molecule has 2 atom stereocenters. The van der Waals surface area contributed by atoms with Gasteiger partial charge in [-0.25, -0.2) is 0 Å². The van der Waals surface area contributed by atoms with E-state index in [0.29, 0.717) is 0 Å². The van der Waals surface area contributed by atoms with Gasteiger partial charge in [0.1, 0.15) is 0 Å². The Kier molecular flexibility index (Phi) is 4.87. The average molecular weight is 275 g/mol. The van der Waals surface area contributed by atoms with E-state index in [1.165, 1.54) is 35.1 Å². The second-order valence-corrected chi connectivity index (χ2v) is 6.40. The first-order valence-electron chi connectivity index (χ1n) is 7.93. The number of ether oxygens (including phenoxy) is 1. The van der Waals surface area contributed by atoms with Crippen LogP contribution in [0.5, 0.6) is 0 Å². The van der Waals surface area contributed by atoms with Crippen molar-refractivity contribution < 1.29 is 4.74 Å². The molecule has 0 spiro atoms. The van der Waals surface area contributed by atoms with E-state index < -0.39 is 0 Å². The van der Waals surface area contributed by atoms with Crippen LogP contribution in [0.4, 0.5) is 0 Å². The zero-order valence-corrected chi connectivity index (χ0v) is 13.7. The first-order valence-corrected chi connectivity index (χ1v) is 7.93. The van der Waals surface area contributed by atoms with Gasteiger partial charge in [0, 0.05) is 6.61 Å². The average Bonchev–Trinajstić information content (AvgIpc) is 2.41. The summed E-state index contributed by atoms with van der Waals surface area (Å²) in [7, 11) is 0. The summed E-state index contributed by atoms with van der Waals surface area (Å²) in [5.74, 6) is 0. The maximum absolute atomic E-state index is 6.20. The molecule has 0 saturated carbocycles. The summed E-state index contributed by atoms with van der Waals surface area (Å²) in [6.07, 6.45) is 3.60. The Morgan fingerprint density at radius 1 is 1.15 bits per heavy atom. The van der Waals surface area contributed by atoms with E-state index >= 15 is 0 Å². The van der Waals surface area contributed by atoms with E-state index in [0.717, 1.165) is 19.6 Å². The zero-order valence-electron chi connectivity index (χ0n) is 13.7. The van der Waals surface area contributed by atoms with Crippen molar-refractivity contribution in [2.24, 2.45) is 0 Å². The molecule has 1 heterocycles. The minimum Gasteiger partial charge on any atom is -0.373 e. The highest BCUT2D eigenvalue weighted by atomic mass is 16.5. The topological polar surface area (TPSA) is 21.3 Å². The Morgan fingerprint density at radius 3 is 2.45 bits per heavy atom. The van der Waals surface area contributed by atoms with Gasteiger partial charge in [0.05, 0.1) is 11.6 Å². The molecule has 1 aromatic carbocycles. The maximum atomic E-state index is 6.20. The highest BCUT2D eigenvalue weighted by molar-refractivity contribution is 5.39. The molecule has 0 radical (unpaired) electrons. The number of hydrogen-bond donors (Lipinski definition) is 1. The largest absolute Gasteiger partial charge is 0.373 e. The SMILES string of the molecule is CCNC(c1cc(C)c(C)cc1C)C1(C)CCCCO1. The van der Waals surface area contributed by atoms with Gasteiger partial charge >= 0.3 is 0 Å². The molecule has 2 heteroatoms. The second kappa shape index (κ2) is 6.28. The third-order valence-electron chi connectivity index (χ3n) is 4.71. The Balaban J connectivity index is 2.40. The lowest BCUT2D eigenvalue weighted by atomic mass is 9.81. The summed E-state index contributed by atoms with van der Waals surface area (Å²) in [5.41, 5.74) is 5.43. The molecule has 1 N–H and O–H groups in total. The van der Waals surface area contributed by atoms with Gasteiger partial charge in [-0.15, -0.1) is 0 Å². The van der Waals surface area contributed by atoms with Crippen LogP contribution in [0, 0.1) is 20.8 Å². The lowest BCUT2D eigenvalue weighted by Gasteiger charge is -2.42. The monoisotopic (exact) mass is 275 g/mol. The van der Waals surface area contributed by atoms with Crippen molar-refractivity contribution in [1.82, 2.24) is 5.32 Å². The molecule has 20 heavy (non-hydrogen) atoms. The van der Waals surface area contributed by atoms with E-state index in [4.69, 9.17) is 4.74 Å². The summed E-state index contributed by atoms with van der Waals surface area (Å²) in [4.78, 5) is 0. The van der Waals surface area contributed by atoms with Crippen LogP contribution in [0.25, 0.3) is 0 Å². The minimum absolute atomic E-state index is 0.0826. The lowest BCUT2D eigenvalue weighted by Crippen LogP contribution is -2.46.